The molecule has 0 aromatic heterocycles. The van der Waals surface area contributed by atoms with Crippen molar-refractivity contribution in [2.45, 2.75) is 18.8 Å². The lowest BCUT2D eigenvalue weighted by atomic mass is 9.79. The normalized spacial score (nSPS) is 14.6. The molecule has 0 fully saturated rings. The Kier molecular flexibility index (Phi) is 3.42. The highest BCUT2D eigenvalue weighted by atomic mass is 19.1. The summed E-state index contributed by atoms with van der Waals surface area (Å²) in [7, 11) is 0. The monoisotopic (exact) mass is 211 g/mol. The molecule has 3 N–H and O–H groups in total. The Morgan fingerprint density at radius 2 is 2.13 bits per heavy atom. The van der Waals surface area contributed by atoms with E-state index >= 15 is 0 Å². The summed E-state index contributed by atoms with van der Waals surface area (Å²) in [6.07, 6.45) is 0.212. The number of benzene rings is 1. The zero-order valence-electron chi connectivity index (χ0n) is 8.53. The van der Waals surface area contributed by atoms with E-state index in [0.29, 0.717) is 0 Å². The van der Waals surface area contributed by atoms with Crippen LogP contribution < -0.4 is 5.73 Å². The minimum atomic E-state index is -1.25. The highest BCUT2D eigenvalue weighted by molar-refractivity contribution is 5.80. The lowest BCUT2D eigenvalue weighted by Crippen LogP contribution is -2.35. The lowest BCUT2D eigenvalue weighted by Gasteiger charge is -2.24. The third-order valence-corrected chi connectivity index (χ3v) is 2.58. The Labute approximate surface area is 87.7 Å². The van der Waals surface area contributed by atoms with Gasteiger partial charge in [-0.05, 0) is 26.0 Å². The second-order valence-corrected chi connectivity index (χ2v) is 3.66. The summed E-state index contributed by atoms with van der Waals surface area (Å²) in [6.45, 7) is 1.69. The van der Waals surface area contributed by atoms with Crippen LogP contribution in [0.5, 0.6) is 0 Å². The van der Waals surface area contributed by atoms with Gasteiger partial charge in [-0.15, -0.1) is 0 Å². The van der Waals surface area contributed by atoms with Gasteiger partial charge in [-0.3, -0.25) is 4.79 Å². The molecule has 1 rings (SSSR count). The first-order valence-electron chi connectivity index (χ1n) is 4.71. The summed E-state index contributed by atoms with van der Waals surface area (Å²) in [6, 6.07) is 5.89. The predicted molar refractivity (Wildman–Crippen MR) is 55.1 cm³/mol. The van der Waals surface area contributed by atoms with E-state index in [9.17, 15) is 9.18 Å². The highest BCUT2D eigenvalue weighted by Gasteiger charge is 2.36. The third kappa shape index (κ3) is 2.15. The van der Waals surface area contributed by atoms with Crippen LogP contribution in [0.4, 0.5) is 4.39 Å². The summed E-state index contributed by atoms with van der Waals surface area (Å²) in [5, 5.41) is 9.12. The van der Waals surface area contributed by atoms with Gasteiger partial charge in [0.15, 0.2) is 0 Å². The van der Waals surface area contributed by atoms with Crippen molar-refractivity contribution in [3.8, 4) is 0 Å². The van der Waals surface area contributed by atoms with Crippen molar-refractivity contribution in [2.24, 2.45) is 5.73 Å². The SMILES string of the molecule is CC(CCN)(C(=O)O)c1ccccc1F. The molecule has 0 radical (unpaired) electrons. The second kappa shape index (κ2) is 4.40. The van der Waals surface area contributed by atoms with E-state index in [4.69, 9.17) is 10.8 Å². The summed E-state index contributed by atoms with van der Waals surface area (Å²) in [4.78, 5) is 11.1. The standard InChI is InChI=1S/C11H14FNO2/c1-11(6-7-13,10(14)15)8-4-2-3-5-9(8)12/h2-5H,6-7,13H2,1H3,(H,14,15). The third-order valence-electron chi connectivity index (χ3n) is 2.58. The molecule has 0 aliphatic carbocycles. The van der Waals surface area contributed by atoms with Gasteiger partial charge in [0.05, 0.1) is 5.41 Å². The quantitative estimate of drug-likeness (QED) is 0.793. The van der Waals surface area contributed by atoms with Crippen molar-refractivity contribution in [2.75, 3.05) is 6.54 Å². The minimum Gasteiger partial charge on any atom is -0.481 e. The number of hydrogen-bond donors (Lipinski definition) is 2. The van der Waals surface area contributed by atoms with Crippen LogP contribution in [-0.2, 0) is 10.2 Å². The fourth-order valence-electron chi connectivity index (χ4n) is 1.55. The zero-order valence-corrected chi connectivity index (χ0v) is 8.53. The summed E-state index contributed by atoms with van der Waals surface area (Å²) in [5.74, 6) is -1.56. The van der Waals surface area contributed by atoms with Gasteiger partial charge in [-0.2, -0.15) is 0 Å². The van der Waals surface area contributed by atoms with Crippen LogP contribution in [0.1, 0.15) is 18.9 Å². The van der Waals surface area contributed by atoms with Crippen LogP contribution in [-0.4, -0.2) is 17.6 Å². The van der Waals surface area contributed by atoms with Gasteiger partial charge in [0, 0.05) is 5.56 Å². The average Bonchev–Trinajstić information content (AvgIpc) is 2.18. The smallest absolute Gasteiger partial charge is 0.313 e. The Bertz CT molecular complexity index is 367. The maximum absolute atomic E-state index is 13.5. The molecule has 0 amide bonds. The first kappa shape index (κ1) is 11.7. The van der Waals surface area contributed by atoms with Crippen molar-refractivity contribution >= 4 is 5.97 Å². The number of aliphatic carboxylic acids is 1. The van der Waals surface area contributed by atoms with E-state index in [2.05, 4.69) is 0 Å². The Hall–Kier alpha value is -1.42. The Morgan fingerprint density at radius 3 is 2.60 bits per heavy atom. The molecule has 0 spiro atoms. The van der Waals surface area contributed by atoms with Gasteiger partial charge >= 0.3 is 5.97 Å². The van der Waals surface area contributed by atoms with Gasteiger partial charge in [-0.1, -0.05) is 18.2 Å². The number of rotatable bonds is 4. The number of carbonyl (C=O) groups is 1. The van der Waals surface area contributed by atoms with Crippen molar-refractivity contribution in [1.82, 2.24) is 0 Å². The number of carboxylic acid groups (broad SMARTS) is 1. The molecule has 15 heavy (non-hydrogen) atoms. The summed E-state index contributed by atoms with van der Waals surface area (Å²) < 4.78 is 13.5. The Balaban J connectivity index is 3.21. The first-order valence-corrected chi connectivity index (χ1v) is 4.71. The number of nitrogens with two attached hydrogens (primary N) is 1. The molecule has 0 aliphatic rings. The predicted octanol–water partition coefficient (Wildman–Crippen LogP) is 1.52. The maximum Gasteiger partial charge on any atom is 0.313 e. The summed E-state index contributed by atoms with van der Waals surface area (Å²) in [5.41, 5.74) is 4.29. The van der Waals surface area contributed by atoms with E-state index in [0.717, 1.165) is 0 Å². The average molecular weight is 211 g/mol. The van der Waals surface area contributed by atoms with Crippen LogP contribution in [0.25, 0.3) is 0 Å². The molecular weight excluding hydrogens is 197 g/mol. The molecular formula is C11H14FNO2. The molecule has 1 atom stereocenters. The summed E-state index contributed by atoms with van der Waals surface area (Å²) >= 11 is 0. The van der Waals surface area contributed by atoms with Crippen LogP contribution >= 0.6 is 0 Å². The van der Waals surface area contributed by atoms with E-state index in [-0.39, 0.29) is 18.5 Å². The van der Waals surface area contributed by atoms with Crippen molar-refractivity contribution in [3.63, 3.8) is 0 Å². The second-order valence-electron chi connectivity index (χ2n) is 3.66. The molecule has 82 valence electrons. The van der Waals surface area contributed by atoms with Crippen molar-refractivity contribution in [3.05, 3.63) is 35.6 Å². The van der Waals surface area contributed by atoms with E-state index in [1.54, 1.807) is 6.07 Å². The molecule has 0 bridgehead atoms. The molecule has 3 nitrogen and oxygen atoms in total. The molecule has 1 aromatic carbocycles. The van der Waals surface area contributed by atoms with Crippen LogP contribution in [0.3, 0.4) is 0 Å². The molecule has 4 heteroatoms. The van der Waals surface area contributed by atoms with E-state index < -0.39 is 17.2 Å². The molecule has 0 saturated carbocycles. The first-order chi connectivity index (χ1) is 7.02. The largest absolute Gasteiger partial charge is 0.481 e. The van der Waals surface area contributed by atoms with E-state index in [1.807, 2.05) is 0 Å². The molecule has 1 aromatic rings. The fraction of sp³-hybridized carbons (Fsp3) is 0.364. The topological polar surface area (TPSA) is 63.3 Å². The maximum atomic E-state index is 13.5. The van der Waals surface area contributed by atoms with Crippen LogP contribution in [0.2, 0.25) is 0 Å². The zero-order chi connectivity index (χ0) is 11.5. The molecule has 1 unspecified atom stereocenters. The number of carboxylic acids is 1. The molecule has 0 aliphatic heterocycles. The molecule has 0 saturated heterocycles. The Morgan fingerprint density at radius 1 is 1.53 bits per heavy atom. The number of hydrogen-bond acceptors (Lipinski definition) is 2. The van der Waals surface area contributed by atoms with Gasteiger partial charge in [0.25, 0.3) is 0 Å². The number of halogens is 1. The van der Waals surface area contributed by atoms with Crippen LogP contribution in [0.15, 0.2) is 24.3 Å². The van der Waals surface area contributed by atoms with Crippen molar-refractivity contribution < 1.29 is 14.3 Å². The lowest BCUT2D eigenvalue weighted by molar-refractivity contribution is -0.143. The minimum absolute atomic E-state index is 0.183. The fourth-order valence-corrected chi connectivity index (χ4v) is 1.55. The van der Waals surface area contributed by atoms with Gasteiger partial charge < -0.3 is 10.8 Å². The van der Waals surface area contributed by atoms with Gasteiger partial charge in [0.2, 0.25) is 0 Å². The van der Waals surface area contributed by atoms with Gasteiger partial charge in [0.1, 0.15) is 5.82 Å². The van der Waals surface area contributed by atoms with Gasteiger partial charge in [-0.25, -0.2) is 4.39 Å². The molecule has 0 heterocycles. The van der Waals surface area contributed by atoms with E-state index in [1.165, 1.54) is 25.1 Å². The van der Waals surface area contributed by atoms with Crippen LogP contribution in [0, 0.1) is 5.82 Å². The highest BCUT2D eigenvalue weighted by Crippen LogP contribution is 2.29. The van der Waals surface area contributed by atoms with Crippen molar-refractivity contribution in [1.29, 1.82) is 0 Å².